The number of aromatic nitrogens is 1. The van der Waals surface area contributed by atoms with Gasteiger partial charge in [-0.3, -0.25) is 4.79 Å². The average Bonchev–Trinajstić information content (AvgIpc) is 2.76. The van der Waals surface area contributed by atoms with Crippen LogP contribution in [0.5, 0.6) is 0 Å². The Morgan fingerprint density at radius 1 is 1.56 bits per heavy atom. The van der Waals surface area contributed by atoms with Gasteiger partial charge in [0.1, 0.15) is 0 Å². The number of thiazole rings is 1. The summed E-state index contributed by atoms with van der Waals surface area (Å²) in [5, 5.41) is 3.55. The molecule has 0 spiro atoms. The van der Waals surface area contributed by atoms with Crippen molar-refractivity contribution >= 4 is 38.3 Å². The lowest BCUT2D eigenvalue weighted by molar-refractivity contribution is -0.117. The van der Waals surface area contributed by atoms with Gasteiger partial charge in [0, 0.05) is 11.6 Å². The largest absolute Gasteiger partial charge is 0.399 e. The zero-order valence-electron chi connectivity index (χ0n) is 10.4. The molecule has 94 valence electrons. The number of rotatable bonds is 2. The van der Waals surface area contributed by atoms with Crippen molar-refractivity contribution in [2.24, 2.45) is 11.3 Å². The van der Waals surface area contributed by atoms with Crippen LogP contribution in [0.1, 0.15) is 20.3 Å². The Bertz CT molecular complexity index is 632. The van der Waals surface area contributed by atoms with Gasteiger partial charge in [0.2, 0.25) is 5.91 Å². The Kier molecular flexibility index (Phi) is 2.35. The predicted octanol–water partition coefficient (Wildman–Crippen LogP) is 2.86. The third-order valence-electron chi connectivity index (χ3n) is 3.47. The minimum absolute atomic E-state index is 0.0760. The van der Waals surface area contributed by atoms with Gasteiger partial charge in [0.15, 0.2) is 5.13 Å². The smallest absolute Gasteiger partial charge is 0.229 e. The predicted molar refractivity (Wildman–Crippen MR) is 74.6 cm³/mol. The molecule has 4 nitrogen and oxygen atoms in total. The fourth-order valence-corrected chi connectivity index (χ4v) is 3.02. The monoisotopic (exact) mass is 261 g/mol. The molecule has 5 heteroatoms. The fourth-order valence-electron chi connectivity index (χ4n) is 2.10. The SMILES string of the molecule is CC1(C)CC1C(=O)Nc1nc2ccc(N)cc2s1. The number of nitrogens with two attached hydrogens (primary N) is 1. The zero-order valence-corrected chi connectivity index (χ0v) is 11.2. The van der Waals surface area contributed by atoms with Crippen molar-refractivity contribution in [1.82, 2.24) is 4.98 Å². The highest BCUT2D eigenvalue weighted by Crippen LogP contribution is 2.52. The Labute approximate surface area is 109 Å². The molecular weight excluding hydrogens is 246 g/mol. The molecule has 1 amide bonds. The number of anilines is 2. The second-order valence-electron chi connectivity index (χ2n) is 5.48. The number of fused-ring (bicyclic) bond motifs is 1. The van der Waals surface area contributed by atoms with E-state index in [-0.39, 0.29) is 17.2 Å². The van der Waals surface area contributed by atoms with Crippen molar-refractivity contribution in [3.8, 4) is 0 Å². The zero-order chi connectivity index (χ0) is 12.9. The third-order valence-corrected chi connectivity index (χ3v) is 4.41. The summed E-state index contributed by atoms with van der Waals surface area (Å²) in [6.07, 6.45) is 0.955. The van der Waals surface area contributed by atoms with Crippen LogP contribution in [0.25, 0.3) is 10.2 Å². The highest BCUT2D eigenvalue weighted by atomic mass is 32.1. The van der Waals surface area contributed by atoms with Gasteiger partial charge in [0.25, 0.3) is 0 Å². The van der Waals surface area contributed by atoms with Gasteiger partial charge in [-0.15, -0.1) is 0 Å². The van der Waals surface area contributed by atoms with Crippen LogP contribution in [0.2, 0.25) is 0 Å². The highest BCUT2D eigenvalue weighted by Gasteiger charge is 2.50. The van der Waals surface area contributed by atoms with Crippen LogP contribution in [0, 0.1) is 11.3 Å². The quantitative estimate of drug-likeness (QED) is 0.817. The van der Waals surface area contributed by atoms with E-state index in [2.05, 4.69) is 24.1 Å². The molecule has 1 unspecified atom stereocenters. The molecule has 18 heavy (non-hydrogen) atoms. The number of benzene rings is 1. The summed E-state index contributed by atoms with van der Waals surface area (Å²) in [4.78, 5) is 16.3. The molecule has 1 fully saturated rings. The molecule has 0 saturated heterocycles. The summed E-state index contributed by atoms with van der Waals surface area (Å²) < 4.78 is 1.00. The summed E-state index contributed by atoms with van der Waals surface area (Å²) in [6.45, 7) is 4.21. The molecule has 1 saturated carbocycles. The standard InChI is InChI=1S/C13H15N3OS/c1-13(2)6-8(13)11(17)16-12-15-9-4-3-7(14)5-10(9)18-12/h3-5,8H,6,14H2,1-2H3,(H,15,16,17). The Morgan fingerprint density at radius 3 is 2.94 bits per heavy atom. The van der Waals surface area contributed by atoms with Gasteiger partial charge in [0.05, 0.1) is 10.2 Å². The van der Waals surface area contributed by atoms with Crippen LogP contribution >= 0.6 is 11.3 Å². The van der Waals surface area contributed by atoms with E-state index in [1.165, 1.54) is 11.3 Å². The van der Waals surface area contributed by atoms with Crippen LogP contribution in [-0.4, -0.2) is 10.9 Å². The van der Waals surface area contributed by atoms with Crippen molar-refractivity contribution in [3.63, 3.8) is 0 Å². The summed E-state index contributed by atoms with van der Waals surface area (Å²) in [5.74, 6) is 0.196. The van der Waals surface area contributed by atoms with Crippen LogP contribution in [0.4, 0.5) is 10.8 Å². The minimum Gasteiger partial charge on any atom is -0.399 e. The lowest BCUT2D eigenvalue weighted by atomic mass is 10.1. The van der Waals surface area contributed by atoms with E-state index in [4.69, 9.17) is 5.73 Å². The maximum atomic E-state index is 12.0. The number of hydrogen-bond acceptors (Lipinski definition) is 4. The van der Waals surface area contributed by atoms with Crippen LogP contribution < -0.4 is 11.1 Å². The number of carbonyl (C=O) groups excluding carboxylic acids is 1. The molecule has 3 N–H and O–H groups in total. The van der Waals surface area contributed by atoms with E-state index >= 15 is 0 Å². The van der Waals surface area contributed by atoms with Gasteiger partial charge in [-0.1, -0.05) is 25.2 Å². The third kappa shape index (κ3) is 1.95. The first-order chi connectivity index (χ1) is 8.45. The van der Waals surface area contributed by atoms with E-state index < -0.39 is 0 Å². The molecule has 1 aliphatic carbocycles. The molecule has 1 atom stereocenters. The van der Waals surface area contributed by atoms with Crippen LogP contribution in [0.3, 0.4) is 0 Å². The minimum atomic E-state index is 0.0760. The molecule has 0 radical (unpaired) electrons. The molecule has 1 heterocycles. The Balaban J connectivity index is 1.81. The Morgan fingerprint density at radius 2 is 2.28 bits per heavy atom. The number of carbonyl (C=O) groups is 1. The van der Waals surface area contributed by atoms with Gasteiger partial charge >= 0.3 is 0 Å². The molecule has 3 rings (SSSR count). The van der Waals surface area contributed by atoms with E-state index in [0.29, 0.717) is 10.8 Å². The second-order valence-corrected chi connectivity index (χ2v) is 6.51. The second kappa shape index (κ2) is 3.68. The lowest BCUT2D eigenvalue weighted by Crippen LogP contribution is -2.16. The molecule has 0 bridgehead atoms. The van der Waals surface area contributed by atoms with Crippen molar-refractivity contribution in [1.29, 1.82) is 0 Å². The first kappa shape index (κ1) is 11.5. The maximum absolute atomic E-state index is 12.0. The summed E-state index contributed by atoms with van der Waals surface area (Å²) in [6, 6.07) is 5.57. The van der Waals surface area contributed by atoms with Crippen molar-refractivity contribution in [3.05, 3.63) is 18.2 Å². The number of nitrogen functional groups attached to an aromatic ring is 1. The average molecular weight is 261 g/mol. The number of nitrogens with one attached hydrogen (secondary N) is 1. The first-order valence-electron chi connectivity index (χ1n) is 5.93. The molecule has 1 aliphatic rings. The number of nitrogens with zero attached hydrogens (tertiary/aromatic N) is 1. The van der Waals surface area contributed by atoms with E-state index in [9.17, 15) is 4.79 Å². The molecule has 0 aliphatic heterocycles. The van der Waals surface area contributed by atoms with Gasteiger partial charge in [-0.2, -0.15) is 0 Å². The fraction of sp³-hybridized carbons (Fsp3) is 0.385. The summed E-state index contributed by atoms with van der Waals surface area (Å²) in [5.41, 5.74) is 7.45. The molecular formula is C13H15N3OS. The maximum Gasteiger partial charge on any atom is 0.229 e. The van der Waals surface area contributed by atoms with Crippen LogP contribution in [-0.2, 0) is 4.79 Å². The molecule has 2 aromatic rings. The lowest BCUT2D eigenvalue weighted by Gasteiger charge is -2.02. The normalized spacial score (nSPS) is 20.9. The van der Waals surface area contributed by atoms with E-state index in [1.807, 2.05) is 18.2 Å². The van der Waals surface area contributed by atoms with Crippen LogP contribution in [0.15, 0.2) is 18.2 Å². The van der Waals surface area contributed by atoms with Crippen molar-refractivity contribution in [2.75, 3.05) is 11.1 Å². The van der Waals surface area contributed by atoms with Gasteiger partial charge < -0.3 is 11.1 Å². The van der Waals surface area contributed by atoms with Crippen molar-refractivity contribution < 1.29 is 4.79 Å². The van der Waals surface area contributed by atoms with Gasteiger partial charge in [-0.05, 0) is 30.0 Å². The van der Waals surface area contributed by atoms with Gasteiger partial charge in [-0.25, -0.2) is 4.98 Å². The summed E-state index contributed by atoms with van der Waals surface area (Å²) in [7, 11) is 0. The number of amides is 1. The van der Waals surface area contributed by atoms with Crippen molar-refractivity contribution in [2.45, 2.75) is 20.3 Å². The Hall–Kier alpha value is -1.62. The highest BCUT2D eigenvalue weighted by molar-refractivity contribution is 7.22. The first-order valence-corrected chi connectivity index (χ1v) is 6.74. The summed E-state index contributed by atoms with van der Waals surface area (Å²) >= 11 is 1.46. The van der Waals surface area contributed by atoms with E-state index in [1.54, 1.807) is 0 Å². The van der Waals surface area contributed by atoms with E-state index in [0.717, 1.165) is 16.6 Å². The molecule has 1 aromatic carbocycles. The number of hydrogen-bond donors (Lipinski definition) is 2. The topological polar surface area (TPSA) is 68.0 Å². The molecule has 1 aromatic heterocycles.